The van der Waals surface area contributed by atoms with Crippen molar-refractivity contribution in [1.29, 1.82) is 0 Å². The Morgan fingerprint density at radius 2 is 2.06 bits per heavy atom. The number of carbonyl (C=O) groups excluding carboxylic acids is 2. The topological polar surface area (TPSA) is 169 Å². The summed E-state index contributed by atoms with van der Waals surface area (Å²) in [6, 6.07) is 4.32. The Morgan fingerprint density at radius 1 is 1.28 bits per heavy atom. The van der Waals surface area contributed by atoms with E-state index in [1.807, 2.05) is 0 Å². The van der Waals surface area contributed by atoms with Gasteiger partial charge in [0, 0.05) is 12.2 Å². The molecular formula is C19H20FN7O5. The lowest BCUT2D eigenvalue weighted by Crippen LogP contribution is -2.49. The number of carbonyl (C=O) groups is 2. The number of nitrogens with zero attached hydrogens (tertiary/aromatic N) is 5. The Kier molecular flexibility index (Phi) is 5.69. The first-order valence-corrected chi connectivity index (χ1v) is 9.64. The number of benzene rings is 1. The van der Waals surface area contributed by atoms with Gasteiger partial charge in [-0.1, -0.05) is 6.07 Å². The summed E-state index contributed by atoms with van der Waals surface area (Å²) in [6.07, 6.45) is -3.45. The zero-order valence-electron chi connectivity index (χ0n) is 16.8. The number of hydrogen-bond donors (Lipinski definition) is 4. The highest BCUT2D eigenvalue weighted by Crippen LogP contribution is 2.33. The number of urea groups is 1. The number of rotatable bonds is 4. The van der Waals surface area contributed by atoms with E-state index in [4.69, 9.17) is 10.5 Å². The van der Waals surface area contributed by atoms with Crippen LogP contribution in [-0.4, -0.2) is 71.4 Å². The number of imidazole rings is 1. The van der Waals surface area contributed by atoms with Gasteiger partial charge in [0.25, 0.3) is 5.91 Å². The van der Waals surface area contributed by atoms with E-state index in [0.29, 0.717) is 0 Å². The number of anilines is 2. The third-order valence-electron chi connectivity index (χ3n) is 5.05. The molecule has 0 spiro atoms. The van der Waals surface area contributed by atoms with Crippen molar-refractivity contribution < 1.29 is 28.9 Å². The number of nitrogens with one attached hydrogen (secondary N) is 1. The van der Waals surface area contributed by atoms with Gasteiger partial charge in [-0.2, -0.15) is 0 Å². The minimum atomic E-state index is -1.64. The minimum Gasteiger partial charge on any atom is -0.387 e. The first-order chi connectivity index (χ1) is 15.3. The van der Waals surface area contributed by atoms with Gasteiger partial charge in [-0.05, 0) is 25.1 Å². The van der Waals surface area contributed by atoms with Crippen LogP contribution in [0.25, 0.3) is 11.2 Å². The highest BCUT2D eigenvalue weighted by molar-refractivity contribution is 6.03. The van der Waals surface area contributed by atoms with E-state index in [1.165, 1.54) is 35.4 Å². The van der Waals surface area contributed by atoms with Gasteiger partial charge in [-0.25, -0.2) is 24.1 Å². The number of aliphatic hydroxyl groups excluding tert-OH is 2. The van der Waals surface area contributed by atoms with E-state index < -0.39 is 42.3 Å². The van der Waals surface area contributed by atoms with E-state index in [9.17, 15) is 24.2 Å². The normalized spacial score (nSPS) is 22.8. The summed E-state index contributed by atoms with van der Waals surface area (Å²) in [5.41, 5.74) is 6.40. The van der Waals surface area contributed by atoms with Gasteiger partial charge in [-0.3, -0.25) is 14.3 Å². The minimum absolute atomic E-state index is 0.0644. The average molecular weight is 445 g/mol. The van der Waals surface area contributed by atoms with E-state index in [-0.39, 0.29) is 29.2 Å². The highest BCUT2D eigenvalue weighted by atomic mass is 19.1. The van der Waals surface area contributed by atoms with E-state index in [0.717, 1.165) is 11.0 Å². The summed E-state index contributed by atoms with van der Waals surface area (Å²) < 4.78 is 20.3. The zero-order valence-corrected chi connectivity index (χ0v) is 16.8. The predicted octanol–water partition coefficient (Wildman–Crippen LogP) is 0.247. The molecule has 0 bridgehead atoms. The monoisotopic (exact) mass is 445 g/mol. The zero-order chi connectivity index (χ0) is 23.0. The number of amides is 3. The second kappa shape index (κ2) is 8.45. The standard InChI is InChI=1S/C19H20FN7O5/c1-2-26(19(31)25-10-5-3-4-9(20)6-10)17(30)14-12(28)13(29)18(32-14)27-8-24-11-15(21)22-7-23-16(11)27/h3-8,12-14,18,28-29H,2H2,1H3,(H,25,31)(H2,21,22,23)/t12-,13+,14-,18+/m0/s1. The fraction of sp³-hybridized carbons (Fsp3) is 0.316. The second-order valence-electron chi connectivity index (χ2n) is 7.03. The second-order valence-corrected chi connectivity index (χ2v) is 7.03. The third kappa shape index (κ3) is 3.72. The van der Waals surface area contributed by atoms with Crippen molar-refractivity contribution in [3.8, 4) is 0 Å². The smallest absolute Gasteiger partial charge is 0.328 e. The van der Waals surface area contributed by atoms with Gasteiger partial charge in [0.05, 0.1) is 6.33 Å². The molecule has 1 aromatic carbocycles. The van der Waals surface area contributed by atoms with Crippen molar-refractivity contribution in [2.24, 2.45) is 0 Å². The Bertz CT molecular complexity index is 1170. The molecular weight excluding hydrogens is 425 g/mol. The van der Waals surface area contributed by atoms with Crippen LogP contribution in [0.4, 0.5) is 20.7 Å². The predicted molar refractivity (Wildman–Crippen MR) is 108 cm³/mol. The van der Waals surface area contributed by atoms with Crippen LogP contribution in [-0.2, 0) is 9.53 Å². The molecule has 168 valence electrons. The van der Waals surface area contributed by atoms with Crippen molar-refractivity contribution in [2.75, 3.05) is 17.6 Å². The molecule has 3 heterocycles. The number of nitrogen functional groups attached to an aromatic ring is 1. The summed E-state index contributed by atoms with van der Waals surface area (Å²) in [4.78, 5) is 38.3. The maximum absolute atomic E-state index is 13.4. The number of imide groups is 1. The molecule has 1 aliphatic rings. The van der Waals surface area contributed by atoms with Crippen LogP contribution < -0.4 is 11.1 Å². The number of aliphatic hydroxyl groups is 2. The van der Waals surface area contributed by atoms with Crippen molar-refractivity contribution >= 4 is 34.6 Å². The number of aromatic nitrogens is 4. The molecule has 5 N–H and O–H groups in total. The maximum Gasteiger partial charge on any atom is 0.328 e. The average Bonchev–Trinajstić information content (AvgIpc) is 3.31. The first-order valence-electron chi connectivity index (χ1n) is 9.64. The lowest BCUT2D eigenvalue weighted by Gasteiger charge is -2.24. The molecule has 1 aliphatic heterocycles. The van der Waals surface area contributed by atoms with Gasteiger partial charge >= 0.3 is 6.03 Å². The Labute approximate surface area is 180 Å². The van der Waals surface area contributed by atoms with Crippen LogP contribution in [0.2, 0.25) is 0 Å². The molecule has 0 radical (unpaired) electrons. The Hall–Kier alpha value is -3.68. The van der Waals surface area contributed by atoms with Crippen LogP contribution >= 0.6 is 0 Å². The molecule has 0 aliphatic carbocycles. The van der Waals surface area contributed by atoms with Gasteiger partial charge in [-0.15, -0.1) is 0 Å². The lowest BCUT2D eigenvalue weighted by atomic mass is 10.1. The largest absolute Gasteiger partial charge is 0.387 e. The molecule has 32 heavy (non-hydrogen) atoms. The molecule has 0 unspecified atom stereocenters. The fourth-order valence-corrected chi connectivity index (χ4v) is 3.46. The molecule has 4 rings (SSSR count). The van der Waals surface area contributed by atoms with E-state index in [2.05, 4.69) is 20.3 Å². The molecule has 0 saturated carbocycles. The number of halogens is 1. The molecule has 3 aromatic rings. The Balaban J connectivity index is 1.55. The fourth-order valence-electron chi connectivity index (χ4n) is 3.46. The third-order valence-corrected chi connectivity index (χ3v) is 5.05. The summed E-state index contributed by atoms with van der Waals surface area (Å²) in [6.45, 7) is 1.48. The molecule has 3 amide bonds. The van der Waals surface area contributed by atoms with Crippen molar-refractivity contribution in [3.05, 3.63) is 42.7 Å². The van der Waals surface area contributed by atoms with E-state index in [1.54, 1.807) is 6.92 Å². The summed E-state index contributed by atoms with van der Waals surface area (Å²) in [7, 11) is 0. The summed E-state index contributed by atoms with van der Waals surface area (Å²) >= 11 is 0. The molecule has 2 aromatic heterocycles. The SMILES string of the molecule is CCN(C(=O)Nc1cccc(F)c1)C(=O)[C@H]1O[C@@H](n2cnc3c(N)ncnc32)[C@H](O)[C@@H]1O. The van der Waals surface area contributed by atoms with Crippen molar-refractivity contribution in [3.63, 3.8) is 0 Å². The summed E-state index contributed by atoms with van der Waals surface area (Å²) in [5, 5.41) is 23.4. The molecule has 1 saturated heterocycles. The number of nitrogens with two attached hydrogens (primary N) is 1. The van der Waals surface area contributed by atoms with Gasteiger partial charge in [0.15, 0.2) is 23.8 Å². The van der Waals surface area contributed by atoms with E-state index >= 15 is 0 Å². The first kappa shape index (κ1) is 21.5. The molecule has 12 nitrogen and oxygen atoms in total. The van der Waals surface area contributed by atoms with Crippen molar-refractivity contribution in [2.45, 2.75) is 31.5 Å². The quantitative estimate of drug-likeness (QED) is 0.440. The molecule has 1 fully saturated rings. The van der Waals surface area contributed by atoms with Crippen LogP contribution in [0.15, 0.2) is 36.9 Å². The molecule has 13 heteroatoms. The lowest BCUT2D eigenvalue weighted by molar-refractivity contribution is -0.145. The number of fused-ring (bicyclic) bond motifs is 1. The van der Waals surface area contributed by atoms with Crippen LogP contribution in [0.5, 0.6) is 0 Å². The van der Waals surface area contributed by atoms with Crippen LogP contribution in [0.3, 0.4) is 0 Å². The summed E-state index contributed by atoms with van der Waals surface area (Å²) in [5.74, 6) is -1.33. The van der Waals surface area contributed by atoms with Crippen molar-refractivity contribution in [1.82, 2.24) is 24.4 Å². The van der Waals surface area contributed by atoms with Crippen LogP contribution in [0, 0.1) is 5.82 Å². The van der Waals surface area contributed by atoms with Gasteiger partial charge in [0.1, 0.15) is 29.9 Å². The number of hydrogen-bond acceptors (Lipinski definition) is 9. The number of ether oxygens (including phenoxy) is 1. The van der Waals surface area contributed by atoms with Crippen LogP contribution in [0.1, 0.15) is 13.2 Å². The molecule has 4 atom stereocenters. The number of likely N-dealkylation sites (N-methyl/N-ethyl adjacent to an activating group) is 1. The van der Waals surface area contributed by atoms with Gasteiger partial charge < -0.3 is 26.0 Å². The maximum atomic E-state index is 13.4. The van der Waals surface area contributed by atoms with Gasteiger partial charge in [0.2, 0.25) is 0 Å². The highest BCUT2D eigenvalue weighted by Gasteiger charge is 2.49. The Morgan fingerprint density at radius 3 is 2.78 bits per heavy atom.